The van der Waals surface area contributed by atoms with E-state index in [1.807, 2.05) is 38.1 Å². The number of hydrogen-bond acceptors (Lipinski definition) is 4. The molecule has 5 rings (SSSR count). The van der Waals surface area contributed by atoms with E-state index in [9.17, 15) is 9.59 Å². The van der Waals surface area contributed by atoms with E-state index in [2.05, 4.69) is 45.9 Å². The molecule has 1 aromatic heterocycles. The first-order valence-corrected chi connectivity index (χ1v) is 18.0. The van der Waals surface area contributed by atoms with Crippen LogP contribution in [0.25, 0.3) is 16.9 Å². The number of aryl methyl sites for hydroxylation is 1. The van der Waals surface area contributed by atoms with E-state index in [1.54, 1.807) is 22.9 Å². The lowest BCUT2D eigenvalue weighted by atomic mass is 9.93. The Balaban J connectivity index is 1.16. The maximum atomic E-state index is 13.4. The molecule has 7 nitrogen and oxygen atoms in total. The smallest absolute Gasteiger partial charge is 0.272 e. The van der Waals surface area contributed by atoms with Crippen LogP contribution < -0.4 is 10.6 Å². The van der Waals surface area contributed by atoms with Crippen molar-refractivity contribution < 1.29 is 9.59 Å². The molecule has 2 atom stereocenters. The summed E-state index contributed by atoms with van der Waals surface area (Å²) in [5.41, 5.74) is 4.65. The summed E-state index contributed by atoms with van der Waals surface area (Å²) in [6.07, 6.45) is 7.19. The van der Waals surface area contributed by atoms with Gasteiger partial charge >= 0.3 is 0 Å². The highest BCUT2D eigenvalue weighted by atomic mass is 35.5. The van der Waals surface area contributed by atoms with E-state index in [-0.39, 0.29) is 17.9 Å². The maximum Gasteiger partial charge on any atom is 0.272 e. The van der Waals surface area contributed by atoms with Crippen LogP contribution >= 0.6 is 34.8 Å². The van der Waals surface area contributed by atoms with Gasteiger partial charge in [0.15, 0.2) is 5.69 Å². The lowest BCUT2D eigenvalue weighted by Crippen LogP contribution is -2.50. The molecule has 0 spiro atoms. The van der Waals surface area contributed by atoms with Crippen molar-refractivity contribution in [3.05, 3.63) is 105 Å². The van der Waals surface area contributed by atoms with Crippen molar-refractivity contribution in [3.63, 3.8) is 0 Å². The van der Waals surface area contributed by atoms with Gasteiger partial charge in [0.25, 0.3) is 5.91 Å². The number of piperidine rings is 1. The summed E-state index contributed by atoms with van der Waals surface area (Å²) in [6.45, 7) is 6.02. The minimum Gasteiger partial charge on any atom is -0.351 e. The van der Waals surface area contributed by atoms with Crippen molar-refractivity contribution in [2.75, 3.05) is 19.6 Å². The lowest BCUT2D eigenvalue weighted by Gasteiger charge is -2.38. The number of hydrogen-bond donors (Lipinski definition) is 2. The van der Waals surface area contributed by atoms with Gasteiger partial charge in [0.2, 0.25) is 5.91 Å². The summed E-state index contributed by atoms with van der Waals surface area (Å²) in [4.78, 5) is 28.5. The minimum absolute atomic E-state index is 0.223. The number of halogens is 3. The van der Waals surface area contributed by atoms with Gasteiger partial charge in [-0.3, -0.25) is 9.59 Å². The molecule has 1 aliphatic rings. The number of benzene rings is 3. The van der Waals surface area contributed by atoms with Crippen LogP contribution in [0.4, 0.5) is 0 Å². The lowest BCUT2D eigenvalue weighted by molar-refractivity contribution is -0.134. The van der Waals surface area contributed by atoms with Crippen molar-refractivity contribution in [1.29, 1.82) is 0 Å². The largest absolute Gasteiger partial charge is 0.351 e. The molecule has 254 valence electrons. The predicted molar refractivity (Wildman–Crippen MR) is 197 cm³/mol. The minimum atomic E-state index is -0.245. The number of aromatic nitrogens is 2. The van der Waals surface area contributed by atoms with Crippen molar-refractivity contribution in [2.45, 2.75) is 77.3 Å². The molecule has 2 heterocycles. The standard InChI is InChI=1S/C38H44Cl3N5O2/c1-3-35(47)45(32-20-22-42-31(25-32)18-12-27-10-6-4-7-11-27)23-9-5-8-21-43-38(48)36-26(2)37(28-13-15-29(39)16-14-28)46(44-36)34-19-17-30(40)24-33(34)41/h4,6-7,10-11,13-17,19,24,31-32,42H,3,5,8-9,12,18,20-23,25H2,1-2H3,(H,43,48). The molecule has 1 fully saturated rings. The Morgan fingerprint density at radius 1 is 0.979 bits per heavy atom. The Morgan fingerprint density at radius 3 is 2.46 bits per heavy atom. The summed E-state index contributed by atoms with van der Waals surface area (Å²) in [7, 11) is 0. The summed E-state index contributed by atoms with van der Waals surface area (Å²) < 4.78 is 1.69. The van der Waals surface area contributed by atoms with Crippen molar-refractivity contribution in [3.8, 4) is 16.9 Å². The Hall–Kier alpha value is -3.36. The van der Waals surface area contributed by atoms with Gasteiger partial charge in [0, 0.05) is 52.8 Å². The van der Waals surface area contributed by atoms with E-state index in [0.29, 0.717) is 45.5 Å². The quantitative estimate of drug-likeness (QED) is 0.129. The second-order valence-electron chi connectivity index (χ2n) is 12.4. The molecule has 4 aromatic rings. The molecule has 0 aliphatic carbocycles. The second-order valence-corrected chi connectivity index (χ2v) is 13.7. The normalized spacial score (nSPS) is 16.1. The SMILES string of the molecule is CCC(=O)N(CCCCCNC(=O)c1nn(-c2ccc(Cl)cc2Cl)c(-c2ccc(Cl)cc2)c1C)C1CCNC(CCc2ccccc2)C1. The summed E-state index contributed by atoms with van der Waals surface area (Å²) in [6, 6.07) is 23.9. The van der Waals surface area contributed by atoms with E-state index in [4.69, 9.17) is 39.9 Å². The fourth-order valence-electron chi connectivity index (χ4n) is 6.54. The fourth-order valence-corrected chi connectivity index (χ4v) is 7.16. The van der Waals surface area contributed by atoms with E-state index in [1.165, 1.54) is 5.56 Å². The van der Waals surface area contributed by atoms with Gasteiger partial charge in [-0.15, -0.1) is 0 Å². The number of carbonyl (C=O) groups is 2. The molecule has 2 N–H and O–H groups in total. The summed E-state index contributed by atoms with van der Waals surface area (Å²) in [5, 5.41) is 13.0. The van der Waals surface area contributed by atoms with Crippen LogP contribution in [0.1, 0.15) is 73.5 Å². The highest BCUT2D eigenvalue weighted by Crippen LogP contribution is 2.33. The van der Waals surface area contributed by atoms with Crippen molar-refractivity contribution in [2.24, 2.45) is 0 Å². The third-order valence-corrected chi connectivity index (χ3v) is 9.90. The molecule has 1 saturated heterocycles. The van der Waals surface area contributed by atoms with Gasteiger partial charge in [-0.05, 0) is 94.3 Å². The first kappa shape index (κ1) is 35.9. The van der Waals surface area contributed by atoms with Gasteiger partial charge in [-0.25, -0.2) is 4.68 Å². The highest BCUT2D eigenvalue weighted by Gasteiger charge is 2.28. The average Bonchev–Trinajstić information content (AvgIpc) is 3.44. The van der Waals surface area contributed by atoms with Gasteiger partial charge in [-0.2, -0.15) is 5.10 Å². The van der Waals surface area contributed by atoms with Crippen LogP contribution in [0.5, 0.6) is 0 Å². The Labute approximate surface area is 299 Å². The molecular formula is C38H44Cl3N5O2. The Kier molecular flexibility index (Phi) is 13.0. The summed E-state index contributed by atoms with van der Waals surface area (Å²) in [5.74, 6) is -0.0223. The van der Waals surface area contributed by atoms with Crippen LogP contribution in [0, 0.1) is 6.92 Å². The van der Waals surface area contributed by atoms with Gasteiger partial charge in [0.1, 0.15) is 0 Å². The monoisotopic (exact) mass is 707 g/mol. The van der Waals surface area contributed by atoms with Gasteiger partial charge < -0.3 is 15.5 Å². The number of unbranched alkanes of at least 4 members (excludes halogenated alkanes) is 2. The number of nitrogens with one attached hydrogen (secondary N) is 2. The molecule has 0 radical (unpaired) electrons. The molecule has 10 heteroatoms. The molecule has 0 bridgehead atoms. The highest BCUT2D eigenvalue weighted by molar-refractivity contribution is 6.35. The number of rotatable bonds is 14. The fraction of sp³-hybridized carbons (Fsp3) is 0.395. The second kappa shape index (κ2) is 17.3. The Morgan fingerprint density at radius 2 is 1.73 bits per heavy atom. The first-order chi connectivity index (χ1) is 23.2. The zero-order valence-electron chi connectivity index (χ0n) is 27.7. The third-order valence-electron chi connectivity index (χ3n) is 9.11. The van der Waals surface area contributed by atoms with Crippen molar-refractivity contribution in [1.82, 2.24) is 25.3 Å². The molecular weight excluding hydrogens is 665 g/mol. The Bertz CT molecular complexity index is 1680. The van der Waals surface area contributed by atoms with Crippen molar-refractivity contribution >= 4 is 46.6 Å². The van der Waals surface area contributed by atoms with Crippen LogP contribution in [0.3, 0.4) is 0 Å². The molecule has 48 heavy (non-hydrogen) atoms. The van der Waals surface area contributed by atoms with Crippen LogP contribution in [0.15, 0.2) is 72.8 Å². The van der Waals surface area contributed by atoms with E-state index in [0.717, 1.165) is 74.9 Å². The average molecular weight is 709 g/mol. The number of amides is 2. The predicted octanol–water partition coefficient (Wildman–Crippen LogP) is 8.70. The van der Waals surface area contributed by atoms with Gasteiger partial charge in [-0.1, -0.05) is 84.2 Å². The van der Waals surface area contributed by atoms with E-state index >= 15 is 0 Å². The van der Waals surface area contributed by atoms with Crippen LogP contribution in [-0.2, 0) is 11.2 Å². The molecule has 1 aliphatic heterocycles. The summed E-state index contributed by atoms with van der Waals surface area (Å²) >= 11 is 18.9. The number of nitrogens with zero attached hydrogens (tertiary/aromatic N) is 3. The third kappa shape index (κ3) is 9.20. The first-order valence-electron chi connectivity index (χ1n) is 16.9. The van der Waals surface area contributed by atoms with Crippen LogP contribution in [0.2, 0.25) is 15.1 Å². The van der Waals surface area contributed by atoms with E-state index < -0.39 is 0 Å². The zero-order valence-corrected chi connectivity index (χ0v) is 29.9. The van der Waals surface area contributed by atoms with Crippen LogP contribution in [-0.4, -0.2) is 58.2 Å². The maximum absolute atomic E-state index is 13.4. The van der Waals surface area contributed by atoms with Gasteiger partial charge in [0.05, 0.1) is 16.4 Å². The number of carbonyl (C=O) groups excluding carboxylic acids is 2. The molecule has 3 aromatic carbocycles. The zero-order chi connectivity index (χ0) is 34.0. The molecule has 2 unspecified atom stereocenters. The topological polar surface area (TPSA) is 79.3 Å². The molecule has 2 amide bonds. The molecule has 0 saturated carbocycles.